The minimum Gasteiger partial charge on any atom is -0.369 e. The van der Waals surface area contributed by atoms with E-state index < -0.39 is 0 Å². The van der Waals surface area contributed by atoms with Crippen LogP contribution in [-0.4, -0.2) is 29.1 Å². The quantitative estimate of drug-likeness (QED) is 0.783. The highest BCUT2D eigenvalue weighted by Crippen LogP contribution is 2.31. The van der Waals surface area contributed by atoms with Crippen molar-refractivity contribution in [3.8, 4) is 0 Å². The normalized spacial score (nSPS) is 18.1. The second-order valence-electron chi connectivity index (χ2n) is 6.04. The summed E-state index contributed by atoms with van der Waals surface area (Å²) in [5.74, 6) is 0.345. The monoisotopic (exact) mass is 249 g/mol. The van der Waals surface area contributed by atoms with Gasteiger partial charge in [0.25, 0.3) is 0 Å². The molecule has 2 rings (SSSR count). The Kier molecular flexibility index (Phi) is 3.43. The number of piperidine rings is 1. The molecule has 0 amide bonds. The van der Waals surface area contributed by atoms with Gasteiger partial charge in [0.05, 0.1) is 17.6 Å². The van der Waals surface area contributed by atoms with Crippen molar-refractivity contribution >= 4 is 11.6 Å². The molecular formula is C13H23N5. The number of nitrogen functional groups attached to an aromatic ring is 1. The molecule has 18 heavy (non-hydrogen) atoms. The SMILES string of the molecule is CC(C)(C)c1nc(N)ncc1N1CCC(N)CC1. The van der Waals surface area contributed by atoms with E-state index in [1.54, 1.807) is 0 Å². The van der Waals surface area contributed by atoms with E-state index in [1.165, 1.54) is 0 Å². The summed E-state index contributed by atoms with van der Waals surface area (Å²) in [6, 6.07) is 0.328. The fourth-order valence-corrected chi connectivity index (χ4v) is 2.31. The lowest BCUT2D eigenvalue weighted by molar-refractivity contribution is 0.493. The Morgan fingerprint density at radius 1 is 1.28 bits per heavy atom. The molecule has 1 aliphatic heterocycles. The zero-order valence-corrected chi connectivity index (χ0v) is 11.5. The van der Waals surface area contributed by atoms with Crippen LogP contribution < -0.4 is 16.4 Å². The van der Waals surface area contributed by atoms with Crippen LogP contribution in [0.2, 0.25) is 0 Å². The first-order valence-corrected chi connectivity index (χ1v) is 6.51. The van der Waals surface area contributed by atoms with Crippen LogP contribution in [0.4, 0.5) is 11.6 Å². The van der Waals surface area contributed by atoms with Gasteiger partial charge in [0.2, 0.25) is 5.95 Å². The third kappa shape index (κ3) is 2.72. The van der Waals surface area contributed by atoms with Gasteiger partial charge in [0.1, 0.15) is 0 Å². The van der Waals surface area contributed by atoms with Crippen molar-refractivity contribution in [2.24, 2.45) is 5.73 Å². The molecule has 5 heteroatoms. The molecule has 1 fully saturated rings. The van der Waals surface area contributed by atoms with Crippen molar-refractivity contribution in [2.75, 3.05) is 23.7 Å². The van der Waals surface area contributed by atoms with Gasteiger partial charge < -0.3 is 16.4 Å². The molecule has 4 N–H and O–H groups in total. The predicted molar refractivity (Wildman–Crippen MR) is 74.6 cm³/mol. The number of aromatic nitrogens is 2. The Morgan fingerprint density at radius 3 is 2.44 bits per heavy atom. The fourth-order valence-electron chi connectivity index (χ4n) is 2.31. The summed E-state index contributed by atoms with van der Waals surface area (Å²) in [6.07, 6.45) is 3.89. The van der Waals surface area contributed by atoms with Crippen molar-refractivity contribution in [1.29, 1.82) is 0 Å². The van der Waals surface area contributed by atoms with Crippen molar-refractivity contribution < 1.29 is 0 Å². The highest BCUT2D eigenvalue weighted by Gasteiger charge is 2.26. The lowest BCUT2D eigenvalue weighted by Gasteiger charge is -2.34. The van der Waals surface area contributed by atoms with Gasteiger partial charge in [-0.3, -0.25) is 0 Å². The minimum absolute atomic E-state index is 0.0358. The second kappa shape index (κ2) is 4.72. The Balaban J connectivity index is 2.32. The van der Waals surface area contributed by atoms with Crippen molar-refractivity contribution in [1.82, 2.24) is 9.97 Å². The predicted octanol–water partition coefficient (Wildman–Crippen LogP) is 1.28. The molecule has 1 aromatic heterocycles. The maximum Gasteiger partial charge on any atom is 0.220 e. The first-order chi connectivity index (χ1) is 8.38. The summed E-state index contributed by atoms with van der Waals surface area (Å²) in [5, 5.41) is 0. The highest BCUT2D eigenvalue weighted by molar-refractivity contribution is 5.53. The highest BCUT2D eigenvalue weighted by atomic mass is 15.2. The molecule has 1 aliphatic rings. The first kappa shape index (κ1) is 13.1. The van der Waals surface area contributed by atoms with Gasteiger partial charge in [-0.2, -0.15) is 0 Å². The Morgan fingerprint density at radius 2 is 1.89 bits per heavy atom. The average molecular weight is 249 g/mol. The van der Waals surface area contributed by atoms with Crippen LogP contribution >= 0.6 is 0 Å². The lowest BCUT2D eigenvalue weighted by Crippen LogP contribution is -2.40. The van der Waals surface area contributed by atoms with Crippen LogP contribution in [-0.2, 0) is 5.41 Å². The van der Waals surface area contributed by atoms with Gasteiger partial charge in [0, 0.05) is 24.5 Å². The Bertz CT molecular complexity index is 416. The lowest BCUT2D eigenvalue weighted by atomic mass is 9.90. The summed E-state index contributed by atoms with van der Waals surface area (Å²) < 4.78 is 0. The molecule has 100 valence electrons. The summed E-state index contributed by atoms with van der Waals surface area (Å²) in [7, 11) is 0. The number of anilines is 2. The summed E-state index contributed by atoms with van der Waals surface area (Å²) >= 11 is 0. The second-order valence-corrected chi connectivity index (χ2v) is 6.04. The topological polar surface area (TPSA) is 81.1 Å². The maximum atomic E-state index is 5.95. The molecule has 0 bridgehead atoms. The van der Waals surface area contributed by atoms with E-state index >= 15 is 0 Å². The Labute approximate surface area is 109 Å². The molecule has 0 unspecified atom stereocenters. The standard InChI is InChI=1S/C13H23N5/c1-13(2,3)11-10(8-16-12(15)17-11)18-6-4-9(14)5-7-18/h8-9H,4-7,14H2,1-3H3,(H2,15,16,17). The van der Waals surface area contributed by atoms with E-state index in [1.807, 2.05) is 6.20 Å². The Hall–Kier alpha value is -1.36. The molecular weight excluding hydrogens is 226 g/mol. The van der Waals surface area contributed by atoms with E-state index in [0.29, 0.717) is 12.0 Å². The largest absolute Gasteiger partial charge is 0.369 e. The molecule has 5 nitrogen and oxygen atoms in total. The summed E-state index contributed by atoms with van der Waals surface area (Å²) in [6.45, 7) is 8.38. The minimum atomic E-state index is -0.0358. The van der Waals surface area contributed by atoms with Crippen LogP contribution in [0.3, 0.4) is 0 Å². The zero-order valence-electron chi connectivity index (χ0n) is 11.5. The number of nitrogens with two attached hydrogens (primary N) is 2. The number of hydrogen-bond donors (Lipinski definition) is 2. The van der Waals surface area contributed by atoms with Gasteiger partial charge >= 0.3 is 0 Å². The van der Waals surface area contributed by atoms with Crippen molar-refractivity contribution in [2.45, 2.75) is 45.1 Å². The van der Waals surface area contributed by atoms with Gasteiger partial charge in [-0.1, -0.05) is 20.8 Å². The average Bonchev–Trinajstić information content (AvgIpc) is 2.29. The number of hydrogen-bond acceptors (Lipinski definition) is 5. The third-order valence-electron chi connectivity index (χ3n) is 3.38. The van der Waals surface area contributed by atoms with Crippen LogP contribution in [0, 0.1) is 0 Å². The van der Waals surface area contributed by atoms with E-state index in [9.17, 15) is 0 Å². The molecule has 0 atom stereocenters. The molecule has 0 saturated carbocycles. The summed E-state index contributed by atoms with van der Waals surface area (Å²) in [4.78, 5) is 10.9. The third-order valence-corrected chi connectivity index (χ3v) is 3.38. The van der Waals surface area contributed by atoms with Crippen molar-refractivity contribution in [3.05, 3.63) is 11.9 Å². The van der Waals surface area contributed by atoms with Crippen LogP contribution in [0.15, 0.2) is 6.20 Å². The van der Waals surface area contributed by atoms with E-state index in [0.717, 1.165) is 37.3 Å². The van der Waals surface area contributed by atoms with Crippen LogP contribution in [0.5, 0.6) is 0 Å². The molecule has 0 aromatic carbocycles. The van der Waals surface area contributed by atoms with E-state index in [4.69, 9.17) is 11.5 Å². The molecule has 0 radical (unpaired) electrons. The van der Waals surface area contributed by atoms with Gasteiger partial charge in [-0.25, -0.2) is 9.97 Å². The maximum absolute atomic E-state index is 5.95. The molecule has 0 spiro atoms. The van der Waals surface area contributed by atoms with Gasteiger partial charge in [-0.15, -0.1) is 0 Å². The summed E-state index contributed by atoms with van der Waals surface area (Å²) in [5.41, 5.74) is 13.7. The van der Waals surface area contributed by atoms with E-state index in [-0.39, 0.29) is 5.41 Å². The van der Waals surface area contributed by atoms with Gasteiger partial charge in [0.15, 0.2) is 0 Å². The van der Waals surface area contributed by atoms with Crippen LogP contribution in [0.25, 0.3) is 0 Å². The number of rotatable bonds is 1. The van der Waals surface area contributed by atoms with Crippen LogP contribution in [0.1, 0.15) is 39.3 Å². The molecule has 0 aliphatic carbocycles. The molecule has 1 saturated heterocycles. The molecule has 2 heterocycles. The van der Waals surface area contributed by atoms with Gasteiger partial charge in [-0.05, 0) is 12.8 Å². The van der Waals surface area contributed by atoms with E-state index in [2.05, 4.69) is 35.6 Å². The smallest absolute Gasteiger partial charge is 0.220 e. The zero-order chi connectivity index (χ0) is 13.3. The first-order valence-electron chi connectivity index (χ1n) is 6.51. The van der Waals surface area contributed by atoms with Crippen molar-refractivity contribution in [3.63, 3.8) is 0 Å². The molecule has 1 aromatic rings. The number of nitrogens with zero attached hydrogens (tertiary/aromatic N) is 3. The fraction of sp³-hybridized carbons (Fsp3) is 0.692.